The van der Waals surface area contributed by atoms with Crippen LogP contribution in [0, 0.1) is 6.92 Å². The van der Waals surface area contributed by atoms with Crippen LogP contribution in [0.4, 0.5) is 0 Å². The topological polar surface area (TPSA) is 61.8 Å². The predicted molar refractivity (Wildman–Crippen MR) is 78.5 cm³/mol. The first-order valence-electron chi connectivity index (χ1n) is 7.20. The Labute approximate surface area is 126 Å². The van der Waals surface area contributed by atoms with Crippen molar-refractivity contribution in [2.45, 2.75) is 50.4 Å². The Kier molecular flexibility index (Phi) is 5.75. The highest BCUT2D eigenvalue weighted by molar-refractivity contribution is 7.86. The van der Waals surface area contributed by atoms with Crippen molar-refractivity contribution < 1.29 is 22.1 Å². The molecule has 5 nitrogen and oxygen atoms in total. The van der Waals surface area contributed by atoms with Crippen LogP contribution < -0.4 is 0 Å². The van der Waals surface area contributed by atoms with Crippen molar-refractivity contribution in [2.75, 3.05) is 13.2 Å². The van der Waals surface area contributed by atoms with Crippen molar-refractivity contribution in [3.63, 3.8) is 0 Å². The second-order valence-corrected chi connectivity index (χ2v) is 6.91. The van der Waals surface area contributed by atoms with Crippen molar-refractivity contribution in [1.29, 1.82) is 0 Å². The average Bonchev–Trinajstić information content (AvgIpc) is 2.47. The SMILES string of the molecule is Cc1ccc(S(=O)(=O)OC[C@@H](C)O[C@@H]2CCCCO2)cc1. The molecule has 0 bridgehead atoms. The molecule has 0 unspecified atom stereocenters. The van der Waals surface area contributed by atoms with Gasteiger partial charge in [0.25, 0.3) is 10.1 Å². The summed E-state index contributed by atoms with van der Waals surface area (Å²) in [7, 11) is -3.73. The zero-order valence-corrected chi connectivity index (χ0v) is 13.3. The van der Waals surface area contributed by atoms with Gasteiger partial charge in [-0.25, -0.2) is 0 Å². The third kappa shape index (κ3) is 5.07. The van der Waals surface area contributed by atoms with E-state index in [0.29, 0.717) is 6.61 Å². The molecule has 1 aliphatic rings. The summed E-state index contributed by atoms with van der Waals surface area (Å²) in [4.78, 5) is 0.161. The Morgan fingerprint density at radius 2 is 2.00 bits per heavy atom. The third-order valence-corrected chi connectivity index (χ3v) is 4.59. The van der Waals surface area contributed by atoms with Crippen molar-refractivity contribution in [3.05, 3.63) is 29.8 Å². The molecule has 2 atom stereocenters. The lowest BCUT2D eigenvalue weighted by atomic mass is 10.2. The highest BCUT2D eigenvalue weighted by atomic mass is 32.2. The molecule has 1 aromatic carbocycles. The van der Waals surface area contributed by atoms with Gasteiger partial charge in [-0.15, -0.1) is 0 Å². The van der Waals surface area contributed by atoms with Gasteiger partial charge in [0.15, 0.2) is 6.29 Å². The Balaban J connectivity index is 1.84. The van der Waals surface area contributed by atoms with Gasteiger partial charge in [0.1, 0.15) is 0 Å². The van der Waals surface area contributed by atoms with Crippen LogP contribution in [0.5, 0.6) is 0 Å². The fraction of sp³-hybridized carbons (Fsp3) is 0.600. The Morgan fingerprint density at radius 1 is 1.29 bits per heavy atom. The molecule has 1 aliphatic heterocycles. The summed E-state index contributed by atoms with van der Waals surface area (Å²) in [5.41, 5.74) is 1.00. The van der Waals surface area contributed by atoms with Gasteiger partial charge < -0.3 is 9.47 Å². The standard InChI is InChI=1S/C15H22O5S/c1-12-6-8-14(9-7-12)21(16,17)19-11-13(2)20-15-5-3-4-10-18-15/h6-9,13,15H,3-5,10-11H2,1-2H3/t13-,15-/m1/s1. The van der Waals surface area contributed by atoms with Crippen molar-refractivity contribution in [2.24, 2.45) is 0 Å². The molecule has 1 aromatic rings. The highest BCUT2D eigenvalue weighted by Gasteiger charge is 2.20. The maximum Gasteiger partial charge on any atom is 0.297 e. The molecule has 2 rings (SSSR count). The van der Waals surface area contributed by atoms with Gasteiger partial charge in [-0.2, -0.15) is 8.42 Å². The Hall–Kier alpha value is -0.950. The predicted octanol–water partition coefficient (Wildman–Crippen LogP) is 2.63. The van der Waals surface area contributed by atoms with E-state index < -0.39 is 10.1 Å². The van der Waals surface area contributed by atoms with Gasteiger partial charge in [-0.3, -0.25) is 4.18 Å². The maximum absolute atomic E-state index is 12.0. The van der Waals surface area contributed by atoms with Gasteiger partial charge in [0, 0.05) is 6.61 Å². The van der Waals surface area contributed by atoms with E-state index in [4.69, 9.17) is 13.7 Å². The lowest BCUT2D eigenvalue weighted by Gasteiger charge is -2.25. The average molecular weight is 314 g/mol. The second kappa shape index (κ2) is 7.35. The molecule has 1 saturated heterocycles. The van der Waals surface area contributed by atoms with Crippen molar-refractivity contribution in [1.82, 2.24) is 0 Å². The fourth-order valence-electron chi connectivity index (χ4n) is 2.08. The van der Waals surface area contributed by atoms with Gasteiger partial charge in [-0.05, 0) is 45.2 Å². The summed E-state index contributed by atoms with van der Waals surface area (Å²) in [6.45, 7) is 4.36. The molecule has 1 heterocycles. The van der Waals surface area contributed by atoms with Gasteiger partial charge in [0.2, 0.25) is 0 Å². The molecule has 21 heavy (non-hydrogen) atoms. The van der Waals surface area contributed by atoms with Crippen LogP contribution >= 0.6 is 0 Å². The first kappa shape index (κ1) is 16.4. The number of aryl methyl sites for hydroxylation is 1. The van der Waals surface area contributed by atoms with Crippen LogP contribution in [0.25, 0.3) is 0 Å². The lowest BCUT2D eigenvalue weighted by molar-refractivity contribution is -0.188. The van der Waals surface area contributed by atoms with E-state index in [1.54, 1.807) is 31.2 Å². The first-order chi connectivity index (χ1) is 9.97. The number of rotatable bonds is 6. The third-order valence-electron chi connectivity index (χ3n) is 3.29. The molecule has 6 heteroatoms. The largest absolute Gasteiger partial charge is 0.353 e. The maximum atomic E-state index is 12.0. The van der Waals surface area contributed by atoms with Crippen LogP contribution in [0.3, 0.4) is 0 Å². The van der Waals surface area contributed by atoms with E-state index >= 15 is 0 Å². The van der Waals surface area contributed by atoms with Gasteiger partial charge in [0.05, 0.1) is 17.6 Å². The summed E-state index contributed by atoms with van der Waals surface area (Å²) in [6.07, 6.45) is 2.37. The van der Waals surface area contributed by atoms with Crippen LogP contribution in [-0.2, 0) is 23.8 Å². The molecule has 1 fully saturated rings. The van der Waals surface area contributed by atoms with Crippen LogP contribution in [0.2, 0.25) is 0 Å². The monoisotopic (exact) mass is 314 g/mol. The van der Waals surface area contributed by atoms with Crippen LogP contribution in [0.1, 0.15) is 31.7 Å². The minimum absolute atomic E-state index is 0.0178. The minimum atomic E-state index is -3.73. The van der Waals surface area contributed by atoms with E-state index in [0.717, 1.165) is 24.8 Å². The highest BCUT2D eigenvalue weighted by Crippen LogP contribution is 2.17. The van der Waals surface area contributed by atoms with Gasteiger partial charge in [-0.1, -0.05) is 17.7 Å². The van der Waals surface area contributed by atoms with Crippen LogP contribution in [0.15, 0.2) is 29.2 Å². The van der Waals surface area contributed by atoms with E-state index in [1.807, 2.05) is 6.92 Å². The summed E-state index contributed by atoms with van der Waals surface area (Å²) in [5, 5.41) is 0. The van der Waals surface area contributed by atoms with E-state index in [1.165, 1.54) is 0 Å². The Morgan fingerprint density at radius 3 is 2.62 bits per heavy atom. The Bertz CT molecular complexity index is 532. The molecule has 0 N–H and O–H groups in total. The van der Waals surface area contributed by atoms with E-state index in [-0.39, 0.29) is 23.9 Å². The number of ether oxygens (including phenoxy) is 2. The molecule has 0 aliphatic carbocycles. The zero-order chi connectivity index (χ0) is 15.3. The quantitative estimate of drug-likeness (QED) is 0.755. The molecule has 0 spiro atoms. The number of hydrogen-bond acceptors (Lipinski definition) is 5. The van der Waals surface area contributed by atoms with Gasteiger partial charge >= 0.3 is 0 Å². The zero-order valence-electron chi connectivity index (χ0n) is 12.4. The van der Waals surface area contributed by atoms with Crippen LogP contribution in [-0.4, -0.2) is 34.0 Å². The molecule has 0 aromatic heterocycles. The smallest absolute Gasteiger partial charge is 0.297 e. The molecule has 0 saturated carbocycles. The fourth-order valence-corrected chi connectivity index (χ4v) is 3.05. The molecular formula is C15H22O5S. The molecule has 0 amide bonds. The summed E-state index contributed by atoms with van der Waals surface area (Å²) in [6, 6.07) is 6.57. The molecular weight excluding hydrogens is 292 g/mol. The number of hydrogen-bond donors (Lipinski definition) is 0. The normalized spacial score (nSPS) is 21.1. The van der Waals surface area contributed by atoms with E-state index in [2.05, 4.69) is 0 Å². The summed E-state index contributed by atoms with van der Waals surface area (Å²) >= 11 is 0. The first-order valence-corrected chi connectivity index (χ1v) is 8.61. The van der Waals surface area contributed by atoms with E-state index in [9.17, 15) is 8.42 Å². The summed E-state index contributed by atoms with van der Waals surface area (Å²) in [5.74, 6) is 0. The van der Waals surface area contributed by atoms with Crippen molar-refractivity contribution in [3.8, 4) is 0 Å². The second-order valence-electron chi connectivity index (χ2n) is 5.29. The molecule has 0 radical (unpaired) electrons. The van der Waals surface area contributed by atoms with Crippen molar-refractivity contribution >= 4 is 10.1 Å². The minimum Gasteiger partial charge on any atom is -0.353 e. The molecule has 118 valence electrons. The number of benzene rings is 1. The lowest BCUT2D eigenvalue weighted by Crippen LogP contribution is -2.29. The summed E-state index contributed by atoms with van der Waals surface area (Å²) < 4.78 is 40.2.